The van der Waals surface area contributed by atoms with Crippen molar-refractivity contribution in [3.05, 3.63) is 0 Å². The number of carbonyl (C=O) groups is 4. The minimum atomic E-state index is -4.97. The fraction of sp³-hybridized carbons (Fsp3) is 0.952. The average Bonchev–Trinajstić information content (AvgIpc) is 0.910. The summed E-state index contributed by atoms with van der Waals surface area (Å²) in [6.07, 6.45) is 61.1. The van der Waals surface area contributed by atoms with E-state index in [1.807, 2.05) is 0 Å². The maximum absolute atomic E-state index is 13.1. The summed E-state index contributed by atoms with van der Waals surface area (Å²) in [7, 11) is -9.93. The standard InChI is InChI=1S/C84H164O17P2/c1-9-75(6)61-53-45-37-31-24-20-16-14-12-13-15-17-23-27-34-40-50-58-66-83(88)100-79(70-94-81(86)64-56-48-39-33-26-22-19-18-21-25-32-38-46-54-62-76(7)10-2)72-98-102(90,91)96-68-78(85)69-97-103(92,93)99-73-80(71-95-82(87)65-57-49-43-42-47-55-63-77(8)11-3)101-84(89)67-59-51-41-35-29-28-30-36-44-52-60-74(4)5/h74-80,85H,9-73H2,1-8H3,(H,90,91)(H,92,93)/t75?,76?,77?,78-,79-,80-/m1/s1. The molecule has 0 aromatic heterocycles. The number of carbonyl (C=O) groups excluding carboxylic acids is 4. The van der Waals surface area contributed by atoms with Crippen molar-refractivity contribution in [2.45, 2.75) is 453 Å². The van der Waals surface area contributed by atoms with Crippen LogP contribution in [0.2, 0.25) is 0 Å². The van der Waals surface area contributed by atoms with Gasteiger partial charge in [-0.15, -0.1) is 0 Å². The van der Waals surface area contributed by atoms with Crippen LogP contribution in [0.3, 0.4) is 0 Å². The molecular weight excluding hydrogens is 1340 g/mol. The minimum Gasteiger partial charge on any atom is -0.462 e. The number of ether oxygens (including phenoxy) is 4. The van der Waals surface area contributed by atoms with Gasteiger partial charge in [0.05, 0.1) is 26.4 Å². The van der Waals surface area contributed by atoms with Crippen LogP contribution in [0.25, 0.3) is 0 Å². The third kappa shape index (κ3) is 74.0. The lowest BCUT2D eigenvalue weighted by atomic mass is 9.99. The highest BCUT2D eigenvalue weighted by molar-refractivity contribution is 7.47. The summed E-state index contributed by atoms with van der Waals surface area (Å²) < 4.78 is 68.8. The van der Waals surface area contributed by atoms with Gasteiger partial charge in [0, 0.05) is 25.7 Å². The average molecular weight is 1510 g/mol. The van der Waals surface area contributed by atoms with Crippen molar-refractivity contribution < 1.29 is 80.2 Å². The number of rotatable bonds is 81. The fourth-order valence-electron chi connectivity index (χ4n) is 12.9. The lowest BCUT2D eigenvalue weighted by molar-refractivity contribution is -0.161. The highest BCUT2D eigenvalue weighted by Crippen LogP contribution is 2.45. The molecule has 0 heterocycles. The molecule has 0 saturated heterocycles. The quantitative estimate of drug-likeness (QED) is 0.0222. The second-order valence-corrected chi connectivity index (χ2v) is 34.3. The highest BCUT2D eigenvalue weighted by atomic mass is 31.2. The number of phosphoric acid groups is 2. The Morgan fingerprint density at radius 2 is 0.466 bits per heavy atom. The Morgan fingerprint density at radius 3 is 0.689 bits per heavy atom. The Bertz CT molecular complexity index is 2010. The van der Waals surface area contributed by atoms with Gasteiger partial charge in [-0.05, 0) is 49.4 Å². The Kier molecular flexibility index (Phi) is 71.5. The third-order valence-electron chi connectivity index (χ3n) is 20.7. The summed E-state index contributed by atoms with van der Waals surface area (Å²) in [6.45, 7) is 14.3. The van der Waals surface area contributed by atoms with E-state index in [2.05, 4.69) is 55.4 Å². The molecule has 0 aliphatic rings. The van der Waals surface area contributed by atoms with Gasteiger partial charge in [0.25, 0.3) is 0 Å². The van der Waals surface area contributed by atoms with Crippen LogP contribution in [-0.4, -0.2) is 96.7 Å². The number of aliphatic hydroxyl groups is 1. The molecule has 19 heteroatoms. The van der Waals surface area contributed by atoms with Crippen molar-refractivity contribution in [1.82, 2.24) is 0 Å². The number of hydrogen-bond acceptors (Lipinski definition) is 15. The number of hydrogen-bond donors (Lipinski definition) is 3. The van der Waals surface area contributed by atoms with Gasteiger partial charge < -0.3 is 33.8 Å². The number of unbranched alkanes of at least 4 members (excludes halogenated alkanes) is 44. The molecule has 0 rings (SSSR count). The summed E-state index contributed by atoms with van der Waals surface area (Å²) in [5.41, 5.74) is 0. The largest absolute Gasteiger partial charge is 0.472 e. The molecule has 17 nitrogen and oxygen atoms in total. The van der Waals surface area contributed by atoms with Crippen molar-refractivity contribution in [2.24, 2.45) is 23.7 Å². The Balaban J connectivity index is 5.23. The van der Waals surface area contributed by atoms with Crippen LogP contribution >= 0.6 is 15.6 Å². The number of esters is 4. The first-order valence-electron chi connectivity index (χ1n) is 43.3. The van der Waals surface area contributed by atoms with Gasteiger partial charge in [-0.25, -0.2) is 9.13 Å². The van der Waals surface area contributed by atoms with Gasteiger partial charge in [-0.2, -0.15) is 0 Å². The van der Waals surface area contributed by atoms with Crippen molar-refractivity contribution in [3.63, 3.8) is 0 Å². The van der Waals surface area contributed by atoms with Crippen LogP contribution in [0.1, 0.15) is 434 Å². The van der Waals surface area contributed by atoms with Crippen LogP contribution in [0, 0.1) is 23.7 Å². The number of aliphatic hydroxyl groups excluding tert-OH is 1. The molecule has 5 unspecified atom stereocenters. The van der Waals surface area contributed by atoms with E-state index in [-0.39, 0.29) is 25.7 Å². The number of phosphoric ester groups is 2. The van der Waals surface area contributed by atoms with Crippen LogP contribution in [0.15, 0.2) is 0 Å². The fourth-order valence-corrected chi connectivity index (χ4v) is 14.4. The Labute approximate surface area is 632 Å². The molecular formula is C84H164O17P2. The van der Waals surface area contributed by atoms with Crippen molar-refractivity contribution in [3.8, 4) is 0 Å². The zero-order chi connectivity index (χ0) is 76.0. The monoisotopic (exact) mass is 1510 g/mol. The molecule has 0 fully saturated rings. The molecule has 0 aliphatic carbocycles. The van der Waals surface area contributed by atoms with Gasteiger partial charge in [-0.1, -0.05) is 383 Å². The summed E-state index contributed by atoms with van der Waals surface area (Å²) in [4.78, 5) is 73.1. The predicted molar refractivity (Wildman–Crippen MR) is 423 cm³/mol. The second kappa shape index (κ2) is 72.9. The van der Waals surface area contributed by atoms with Gasteiger partial charge in [0.1, 0.15) is 19.3 Å². The van der Waals surface area contributed by atoms with E-state index in [1.165, 1.54) is 231 Å². The molecule has 3 N–H and O–H groups in total. The van der Waals surface area contributed by atoms with Gasteiger partial charge in [0.15, 0.2) is 12.2 Å². The third-order valence-corrected chi connectivity index (χ3v) is 22.6. The van der Waals surface area contributed by atoms with E-state index in [1.54, 1.807) is 0 Å². The van der Waals surface area contributed by atoms with Crippen molar-refractivity contribution in [2.75, 3.05) is 39.6 Å². The van der Waals surface area contributed by atoms with E-state index >= 15 is 0 Å². The first-order chi connectivity index (χ1) is 49.7. The van der Waals surface area contributed by atoms with Crippen LogP contribution < -0.4 is 0 Å². The maximum Gasteiger partial charge on any atom is 0.472 e. The topological polar surface area (TPSA) is 237 Å². The van der Waals surface area contributed by atoms with Gasteiger partial charge in [-0.3, -0.25) is 37.3 Å². The van der Waals surface area contributed by atoms with E-state index in [0.717, 1.165) is 120 Å². The Morgan fingerprint density at radius 1 is 0.272 bits per heavy atom. The summed E-state index contributed by atoms with van der Waals surface area (Å²) >= 11 is 0. The van der Waals surface area contributed by atoms with Crippen LogP contribution in [0.5, 0.6) is 0 Å². The molecule has 0 spiro atoms. The van der Waals surface area contributed by atoms with E-state index in [0.29, 0.717) is 25.7 Å². The highest BCUT2D eigenvalue weighted by Gasteiger charge is 2.30. The second-order valence-electron chi connectivity index (χ2n) is 31.4. The first kappa shape index (κ1) is 101. The normalized spacial score (nSPS) is 14.8. The predicted octanol–water partition coefficient (Wildman–Crippen LogP) is 25.2. The molecule has 612 valence electrons. The molecule has 103 heavy (non-hydrogen) atoms. The molecule has 8 atom stereocenters. The zero-order valence-electron chi connectivity index (χ0n) is 68.0. The SMILES string of the molecule is CCC(C)CCCCCCCCCCCCCCCCCCCCC(=O)O[C@H](COC(=O)CCCCCCCCCCCCCCCCC(C)CC)COP(=O)(O)OC[C@@H](O)COP(=O)(O)OC[C@@H](COC(=O)CCCCCCCCC(C)CC)OC(=O)CCCCCCCCCCCCC(C)C. The van der Waals surface area contributed by atoms with Crippen molar-refractivity contribution >= 4 is 39.5 Å². The van der Waals surface area contributed by atoms with Crippen LogP contribution in [0.4, 0.5) is 0 Å². The molecule has 0 aliphatic heterocycles. The lowest BCUT2D eigenvalue weighted by Crippen LogP contribution is -2.30. The summed E-state index contributed by atoms with van der Waals surface area (Å²) in [6, 6.07) is 0. The maximum atomic E-state index is 13.1. The molecule has 0 aromatic rings. The summed E-state index contributed by atoms with van der Waals surface area (Å²) in [5.74, 6) is 1.09. The van der Waals surface area contributed by atoms with E-state index < -0.39 is 97.5 Å². The smallest absolute Gasteiger partial charge is 0.462 e. The van der Waals surface area contributed by atoms with E-state index in [9.17, 15) is 43.2 Å². The lowest BCUT2D eigenvalue weighted by Gasteiger charge is -2.21. The van der Waals surface area contributed by atoms with Gasteiger partial charge >= 0.3 is 39.5 Å². The molecule has 0 bridgehead atoms. The molecule has 0 radical (unpaired) electrons. The molecule has 0 amide bonds. The van der Waals surface area contributed by atoms with Crippen LogP contribution in [-0.2, 0) is 65.4 Å². The van der Waals surface area contributed by atoms with E-state index in [4.69, 9.17) is 37.0 Å². The zero-order valence-corrected chi connectivity index (χ0v) is 69.7. The Hall–Kier alpha value is -1.94. The van der Waals surface area contributed by atoms with Crippen molar-refractivity contribution in [1.29, 1.82) is 0 Å². The minimum absolute atomic E-state index is 0.105. The van der Waals surface area contributed by atoms with Gasteiger partial charge in [0.2, 0.25) is 0 Å². The summed E-state index contributed by atoms with van der Waals surface area (Å²) in [5, 5.41) is 10.7. The molecule has 0 aromatic carbocycles. The first-order valence-corrected chi connectivity index (χ1v) is 46.3. The molecule has 0 saturated carbocycles.